The largest absolute Gasteiger partial charge is 0.493 e. The second-order valence-electron chi connectivity index (χ2n) is 7.65. The second-order valence-corrected chi connectivity index (χ2v) is 7.65. The maximum absolute atomic E-state index is 12.2. The molecule has 1 atom stereocenters. The number of piperazine rings is 1. The summed E-state index contributed by atoms with van der Waals surface area (Å²) in [6, 6.07) is 4.13. The van der Waals surface area contributed by atoms with Crippen LogP contribution in [0.5, 0.6) is 17.2 Å². The molecule has 0 radical (unpaired) electrons. The first kappa shape index (κ1) is 22.3. The molecule has 0 aromatic heterocycles. The van der Waals surface area contributed by atoms with Crippen molar-refractivity contribution >= 4 is 5.91 Å². The molecule has 1 saturated heterocycles. The zero-order valence-electron chi connectivity index (χ0n) is 18.1. The topological polar surface area (TPSA) is 63.3 Å². The van der Waals surface area contributed by atoms with Crippen molar-refractivity contribution in [3.8, 4) is 17.2 Å². The molecule has 1 aromatic rings. The van der Waals surface area contributed by atoms with Crippen molar-refractivity contribution in [2.75, 3.05) is 54.1 Å². The van der Waals surface area contributed by atoms with Crippen molar-refractivity contribution in [3.05, 3.63) is 17.7 Å². The van der Waals surface area contributed by atoms with E-state index in [4.69, 9.17) is 14.2 Å². The molecule has 0 aliphatic carbocycles. The molecule has 158 valence electrons. The standard InChI is InChI=1S/C21H35N3O4/c1-15(2)16(3)22-19(25)14-24-11-9-23(10-12-24)13-17-7-8-18(26-4)21(28-6)20(17)27-5/h7-8,15-16H,9-14H2,1-6H3,(H,22,25)/t16-/m0/s1. The van der Waals surface area contributed by atoms with E-state index in [9.17, 15) is 4.79 Å². The predicted octanol–water partition coefficient (Wildman–Crippen LogP) is 1.99. The number of hydrogen-bond acceptors (Lipinski definition) is 6. The van der Waals surface area contributed by atoms with Gasteiger partial charge in [-0.1, -0.05) is 19.9 Å². The van der Waals surface area contributed by atoms with Gasteiger partial charge in [0.15, 0.2) is 11.5 Å². The first-order valence-corrected chi connectivity index (χ1v) is 9.91. The van der Waals surface area contributed by atoms with Crippen molar-refractivity contribution in [3.63, 3.8) is 0 Å². The van der Waals surface area contributed by atoms with E-state index >= 15 is 0 Å². The Bertz CT molecular complexity index is 643. The van der Waals surface area contributed by atoms with Crippen molar-refractivity contribution in [1.29, 1.82) is 0 Å². The number of carbonyl (C=O) groups excluding carboxylic acids is 1. The summed E-state index contributed by atoms with van der Waals surface area (Å²) in [6.07, 6.45) is 0. The molecule has 28 heavy (non-hydrogen) atoms. The van der Waals surface area contributed by atoms with E-state index in [-0.39, 0.29) is 11.9 Å². The summed E-state index contributed by atoms with van der Waals surface area (Å²) in [5.74, 6) is 2.55. The highest BCUT2D eigenvalue weighted by molar-refractivity contribution is 5.78. The van der Waals surface area contributed by atoms with Gasteiger partial charge in [-0.25, -0.2) is 0 Å². The SMILES string of the molecule is COc1ccc(CN2CCN(CC(=O)N[C@@H](C)C(C)C)CC2)c(OC)c1OC. The summed E-state index contributed by atoms with van der Waals surface area (Å²) in [7, 11) is 4.89. The average Bonchev–Trinajstić information content (AvgIpc) is 2.68. The number of nitrogens with zero attached hydrogens (tertiary/aromatic N) is 2. The molecule has 1 heterocycles. The quantitative estimate of drug-likeness (QED) is 0.692. The summed E-state index contributed by atoms with van der Waals surface area (Å²) < 4.78 is 16.4. The summed E-state index contributed by atoms with van der Waals surface area (Å²) in [5.41, 5.74) is 1.07. The molecule has 1 aromatic carbocycles. The van der Waals surface area contributed by atoms with E-state index in [2.05, 4.69) is 35.9 Å². The zero-order valence-corrected chi connectivity index (χ0v) is 18.1. The van der Waals surface area contributed by atoms with Crippen molar-refractivity contribution in [2.24, 2.45) is 5.92 Å². The van der Waals surface area contributed by atoms with Crippen LogP contribution in [0.25, 0.3) is 0 Å². The molecule has 1 aliphatic rings. The molecule has 1 fully saturated rings. The molecule has 7 heteroatoms. The maximum Gasteiger partial charge on any atom is 0.234 e. The van der Waals surface area contributed by atoms with Gasteiger partial charge in [0.2, 0.25) is 11.7 Å². The summed E-state index contributed by atoms with van der Waals surface area (Å²) in [4.78, 5) is 16.8. The van der Waals surface area contributed by atoms with Gasteiger partial charge < -0.3 is 19.5 Å². The van der Waals surface area contributed by atoms with Gasteiger partial charge in [0.1, 0.15) is 0 Å². The third-order valence-electron chi connectivity index (χ3n) is 5.40. The number of nitrogens with one attached hydrogen (secondary N) is 1. The molecule has 1 amide bonds. The van der Waals surface area contributed by atoms with Crippen LogP contribution < -0.4 is 19.5 Å². The van der Waals surface area contributed by atoms with Crippen LogP contribution in [-0.4, -0.2) is 75.8 Å². The Kier molecular flexibility index (Phi) is 8.38. The Balaban J connectivity index is 1.90. The highest BCUT2D eigenvalue weighted by Gasteiger charge is 2.22. The Morgan fingerprint density at radius 2 is 1.57 bits per heavy atom. The highest BCUT2D eigenvalue weighted by Crippen LogP contribution is 2.40. The maximum atomic E-state index is 12.2. The van der Waals surface area contributed by atoms with Crippen molar-refractivity contribution < 1.29 is 19.0 Å². The number of carbonyl (C=O) groups is 1. The molecule has 0 saturated carbocycles. The molecule has 2 rings (SSSR count). The van der Waals surface area contributed by atoms with Gasteiger partial charge >= 0.3 is 0 Å². The predicted molar refractivity (Wildman–Crippen MR) is 110 cm³/mol. The smallest absolute Gasteiger partial charge is 0.234 e. The number of rotatable bonds is 9. The molecule has 0 spiro atoms. The van der Waals surface area contributed by atoms with E-state index in [1.165, 1.54) is 0 Å². The van der Waals surface area contributed by atoms with Gasteiger partial charge in [0, 0.05) is 44.3 Å². The lowest BCUT2D eigenvalue weighted by Crippen LogP contribution is -2.50. The molecule has 0 unspecified atom stereocenters. The van der Waals surface area contributed by atoms with Gasteiger partial charge in [0.25, 0.3) is 0 Å². The van der Waals surface area contributed by atoms with Gasteiger partial charge in [0.05, 0.1) is 27.9 Å². The molecule has 0 bridgehead atoms. The van der Waals surface area contributed by atoms with Crippen LogP contribution in [0.1, 0.15) is 26.3 Å². The van der Waals surface area contributed by atoms with Crippen molar-refractivity contribution in [2.45, 2.75) is 33.4 Å². The van der Waals surface area contributed by atoms with E-state index in [1.54, 1.807) is 21.3 Å². The number of ether oxygens (including phenoxy) is 3. The van der Waals surface area contributed by atoms with Crippen LogP contribution in [0.4, 0.5) is 0 Å². The average molecular weight is 394 g/mol. The number of hydrogen-bond donors (Lipinski definition) is 1. The summed E-state index contributed by atoms with van der Waals surface area (Å²) in [6.45, 7) is 11.1. The molecule has 1 aliphatic heterocycles. The highest BCUT2D eigenvalue weighted by atomic mass is 16.5. The fraction of sp³-hybridized carbons (Fsp3) is 0.667. The Labute approximate surface area is 168 Å². The Hall–Kier alpha value is -1.99. The van der Waals surface area contributed by atoms with Gasteiger partial charge in [-0.05, 0) is 18.9 Å². The minimum atomic E-state index is 0.108. The Morgan fingerprint density at radius 3 is 2.11 bits per heavy atom. The van der Waals surface area contributed by atoms with Crippen LogP contribution >= 0.6 is 0 Å². The van der Waals surface area contributed by atoms with Crippen LogP contribution in [0, 0.1) is 5.92 Å². The first-order chi connectivity index (χ1) is 13.4. The van der Waals surface area contributed by atoms with Crippen LogP contribution in [0.2, 0.25) is 0 Å². The molecular weight excluding hydrogens is 358 g/mol. The van der Waals surface area contributed by atoms with Crippen LogP contribution in [0.15, 0.2) is 12.1 Å². The first-order valence-electron chi connectivity index (χ1n) is 9.91. The normalized spacial score (nSPS) is 16.7. The van der Waals surface area contributed by atoms with Gasteiger partial charge in [-0.15, -0.1) is 0 Å². The van der Waals surface area contributed by atoms with Crippen molar-refractivity contribution in [1.82, 2.24) is 15.1 Å². The third-order valence-corrected chi connectivity index (χ3v) is 5.40. The van der Waals surface area contributed by atoms with E-state index < -0.39 is 0 Å². The van der Waals surface area contributed by atoms with Gasteiger partial charge in [-0.2, -0.15) is 0 Å². The molecule has 7 nitrogen and oxygen atoms in total. The number of methoxy groups -OCH3 is 3. The molecular formula is C21H35N3O4. The fourth-order valence-corrected chi connectivity index (χ4v) is 3.30. The van der Waals surface area contributed by atoms with E-state index in [1.807, 2.05) is 12.1 Å². The van der Waals surface area contributed by atoms with Crippen LogP contribution in [-0.2, 0) is 11.3 Å². The number of benzene rings is 1. The lowest BCUT2D eigenvalue weighted by Gasteiger charge is -2.35. The second kappa shape index (κ2) is 10.5. The number of amides is 1. The minimum absolute atomic E-state index is 0.108. The lowest BCUT2D eigenvalue weighted by molar-refractivity contribution is -0.123. The van der Waals surface area contributed by atoms with Crippen LogP contribution in [0.3, 0.4) is 0 Å². The lowest BCUT2D eigenvalue weighted by atomic mass is 10.1. The summed E-state index contributed by atoms with van der Waals surface area (Å²) >= 11 is 0. The zero-order chi connectivity index (χ0) is 20.7. The Morgan fingerprint density at radius 1 is 0.964 bits per heavy atom. The monoisotopic (exact) mass is 393 g/mol. The fourth-order valence-electron chi connectivity index (χ4n) is 3.30. The molecule has 1 N–H and O–H groups in total. The third kappa shape index (κ3) is 5.75. The van der Waals surface area contributed by atoms with E-state index in [0.29, 0.717) is 29.7 Å². The van der Waals surface area contributed by atoms with Gasteiger partial charge in [-0.3, -0.25) is 14.6 Å². The van der Waals surface area contributed by atoms with E-state index in [0.717, 1.165) is 38.3 Å². The summed E-state index contributed by atoms with van der Waals surface area (Å²) in [5, 5.41) is 3.08. The minimum Gasteiger partial charge on any atom is -0.493 e.